The van der Waals surface area contributed by atoms with Crippen molar-refractivity contribution in [2.45, 2.75) is 45.8 Å². The SMILES string of the molecule is CC(C)(C)OC(=O)NCCC(=O)CC(=O)OCc1ccccc1. The van der Waals surface area contributed by atoms with Crippen LogP contribution in [0.3, 0.4) is 0 Å². The highest BCUT2D eigenvalue weighted by Crippen LogP contribution is 2.06. The first kappa shape index (κ1) is 18.7. The van der Waals surface area contributed by atoms with Crippen molar-refractivity contribution in [3.05, 3.63) is 35.9 Å². The van der Waals surface area contributed by atoms with Crippen LogP contribution in [-0.4, -0.2) is 30.0 Å². The molecule has 0 aliphatic rings. The van der Waals surface area contributed by atoms with Crippen molar-refractivity contribution >= 4 is 17.8 Å². The minimum absolute atomic E-state index is 0.0552. The van der Waals surface area contributed by atoms with Crippen LogP contribution in [0.25, 0.3) is 0 Å². The predicted molar refractivity (Wildman–Crippen MR) is 84.7 cm³/mol. The van der Waals surface area contributed by atoms with Crippen LogP contribution in [0.15, 0.2) is 30.3 Å². The van der Waals surface area contributed by atoms with E-state index in [9.17, 15) is 14.4 Å². The Labute approximate surface area is 136 Å². The van der Waals surface area contributed by atoms with Gasteiger partial charge in [-0.2, -0.15) is 0 Å². The Kier molecular flexibility index (Phi) is 7.25. The van der Waals surface area contributed by atoms with E-state index in [1.165, 1.54) is 0 Å². The summed E-state index contributed by atoms with van der Waals surface area (Å²) in [4.78, 5) is 34.6. The van der Waals surface area contributed by atoms with Gasteiger partial charge in [0.1, 0.15) is 24.4 Å². The Bertz CT molecular complexity index is 534. The number of Topliss-reactive ketones (excluding diaryl/α,β-unsaturated/α-hetero) is 1. The molecular weight excluding hydrogens is 298 g/mol. The normalized spacial score (nSPS) is 10.7. The van der Waals surface area contributed by atoms with Crippen molar-refractivity contribution in [1.82, 2.24) is 5.32 Å². The average Bonchev–Trinajstić information content (AvgIpc) is 2.44. The van der Waals surface area contributed by atoms with Crippen LogP contribution in [0.4, 0.5) is 4.79 Å². The molecule has 0 heterocycles. The van der Waals surface area contributed by atoms with Crippen LogP contribution in [0.2, 0.25) is 0 Å². The molecule has 0 spiro atoms. The monoisotopic (exact) mass is 321 g/mol. The predicted octanol–water partition coefficient (Wildman–Crippen LogP) is 2.60. The van der Waals surface area contributed by atoms with E-state index >= 15 is 0 Å². The van der Waals surface area contributed by atoms with Crippen molar-refractivity contribution in [1.29, 1.82) is 0 Å². The van der Waals surface area contributed by atoms with Gasteiger partial charge in [0.05, 0.1) is 0 Å². The quantitative estimate of drug-likeness (QED) is 0.616. The first-order valence-corrected chi connectivity index (χ1v) is 7.44. The minimum atomic E-state index is -0.588. The molecule has 0 aromatic heterocycles. The zero-order chi connectivity index (χ0) is 17.3. The largest absolute Gasteiger partial charge is 0.460 e. The lowest BCUT2D eigenvalue weighted by Gasteiger charge is -2.19. The number of ketones is 1. The molecule has 0 saturated carbocycles. The molecule has 0 atom stereocenters. The summed E-state index contributed by atoms with van der Waals surface area (Å²) >= 11 is 0. The maximum absolute atomic E-state index is 11.6. The second-order valence-corrected chi connectivity index (χ2v) is 6.04. The highest BCUT2D eigenvalue weighted by molar-refractivity contribution is 5.95. The number of esters is 1. The molecule has 6 nitrogen and oxygen atoms in total. The van der Waals surface area contributed by atoms with Crippen LogP contribution < -0.4 is 5.32 Å². The number of benzene rings is 1. The lowest BCUT2D eigenvalue weighted by Crippen LogP contribution is -2.33. The van der Waals surface area contributed by atoms with Crippen LogP contribution in [0, 0.1) is 0 Å². The summed E-state index contributed by atoms with van der Waals surface area (Å²) in [5.74, 6) is -0.866. The van der Waals surface area contributed by atoms with E-state index in [0.717, 1.165) is 5.56 Å². The molecule has 0 aliphatic heterocycles. The van der Waals surface area contributed by atoms with E-state index in [2.05, 4.69) is 5.32 Å². The molecule has 0 aliphatic carbocycles. The van der Waals surface area contributed by atoms with Crippen LogP contribution >= 0.6 is 0 Å². The standard InChI is InChI=1S/C17H23NO5/c1-17(2,3)23-16(21)18-10-9-14(19)11-15(20)22-12-13-7-5-4-6-8-13/h4-8H,9-12H2,1-3H3,(H,18,21). The van der Waals surface area contributed by atoms with Gasteiger partial charge in [0.25, 0.3) is 0 Å². The third kappa shape index (κ3) is 9.29. The Hall–Kier alpha value is -2.37. The highest BCUT2D eigenvalue weighted by Gasteiger charge is 2.16. The lowest BCUT2D eigenvalue weighted by molar-refractivity contribution is -0.147. The molecule has 0 radical (unpaired) electrons. The fraction of sp³-hybridized carbons (Fsp3) is 0.471. The summed E-state index contributed by atoms with van der Waals surface area (Å²) in [7, 11) is 0. The van der Waals surface area contributed by atoms with Crippen molar-refractivity contribution in [3.63, 3.8) is 0 Å². The third-order valence-corrected chi connectivity index (χ3v) is 2.66. The number of rotatable bonds is 7. The Morgan fingerprint density at radius 3 is 2.35 bits per heavy atom. The Morgan fingerprint density at radius 2 is 1.74 bits per heavy atom. The number of alkyl carbamates (subject to hydrolysis) is 1. The van der Waals surface area contributed by atoms with Crippen molar-refractivity contribution in [2.75, 3.05) is 6.54 Å². The fourth-order valence-corrected chi connectivity index (χ4v) is 1.66. The summed E-state index contributed by atoms with van der Waals surface area (Å²) in [6, 6.07) is 9.22. The third-order valence-electron chi connectivity index (χ3n) is 2.66. The molecule has 1 aromatic carbocycles. The van der Waals surface area contributed by atoms with Crippen molar-refractivity contribution in [3.8, 4) is 0 Å². The molecule has 0 bridgehead atoms. The number of carbonyl (C=O) groups excluding carboxylic acids is 3. The van der Waals surface area contributed by atoms with E-state index < -0.39 is 17.7 Å². The van der Waals surface area contributed by atoms with Gasteiger partial charge >= 0.3 is 12.1 Å². The van der Waals surface area contributed by atoms with Crippen LogP contribution in [0.1, 0.15) is 39.2 Å². The van der Waals surface area contributed by atoms with Gasteiger partial charge in [0.15, 0.2) is 0 Å². The van der Waals surface area contributed by atoms with E-state index in [-0.39, 0.29) is 31.8 Å². The molecule has 1 amide bonds. The van der Waals surface area contributed by atoms with E-state index in [1.807, 2.05) is 30.3 Å². The molecule has 23 heavy (non-hydrogen) atoms. The number of nitrogens with one attached hydrogen (secondary N) is 1. The smallest absolute Gasteiger partial charge is 0.407 e. The summed E-state index contributed by atoms with van der Waals surface area (Å²) in [5.41, 5.74) is 0.273. The van der Waals surface area contributed by atoms with Gasteiger partial charge in [0, 0.05) is 13.0 Å². The number of amides is 1. The molecule has 0 unspecified atom stereocenters. The second kappa shape index (κ2) is 8.92. The molecule has 126 valence electrons. The van der Waals surface area contributed by atoms with Gasteiger partial charge in [-0.1, -0.05) is 30.3 Å². The summed E-state index contributed by atoms with van der Waals surface area (Å²) in [5, 5.41) is 2.47. The van der Waals surface area contributed by atoms with Gasteiger partial charge < -0.3 is 14.8 Å². The van der Waals surface area contributed by atoms with E-state index in [4.69, 9.17) is 9.47 Å². The van der Waals surface area contributed by atoms with Gasteiger partial charge in [-0.05, 0) is 26.3 Å². The molecule has 1 N–H and O–H groups in total. The first-order chi connectivity index (χ1) is 10.8. The van der Waals surface area contributed by atoms with Gasteiger partial charge in [-0.15, -0.1) is 0 Å². The van der Waals surface area contributed by atoms with E-state index in [0.29, 0.717) is 0 Å². The topological polar surface area (TPSA) is 81.7 Å². The highest BCUT2D eigenvalue weighted by atomic mass is 16.6. The zero-order valence-electron chi connectivity index (χ0n) is 13.8. The van der Waals surface area contributed by atoms with Crippen molar-refractivity contribution in [2.24, 2.45) is 0 Å². The molecular formula is C17H23NO5. The zero-order valence-corrected chi connectivity index (χ0v) is 13.8. The summed E-state index contributed by atoms with van der Waals surface area (Å²) in [6.45, 7) is 5.52. The summed E-state index contributed by atoms with van der Waals surface area (Å²) < 4.78 is 10.1. The van der Waals surface area contributed by atoms with Crippen LogP contribution in [-0.2, 0) is 25.7 Å². The van der Waals surface area contributed by atoms with Gasteiger partial charge in [-0.3, -0.25) is 9.59 Å². The molecule has 0 saturated heterocycles. The summed E-state index contributed by atoms with van der Waals surface area (Å²) in [6.07, 6.45) is -0.834. The first-order valence-electron chi connectivity index (χ1n) is 7.44. The second-order valence-electron chi connectivity index (χ2n) is 6.04. The van der Waals surface area contributed by atoms with Gasteiger partial charge in [-0.25, -0.2) is 4.79 Å². The fourth-order valence-electron chi connectivity index (χ4n) is 1.66. The number of hydrogen-bond donors (Lipinski definition) is 1. The number of ether oxygens (including phenoxy) is 2. The molecule has 1 aromatic rings. The van der Waals surface area contributed by atoms with Gasteiger partial charge in [0.2, 0.25) is 0 Å². The minimum Gasteiger partial charge on any atom is -0.460 e. The molecule has 1 rings (SSSR count). The van der Waals surface area contributed by atoms with E-state index in [1.54, 1.807) is 20.8 Å². The lowest BCUT2D eigenvalue weighted by atomic mass is 10.2. The number of carbonyl (C=O) groups is 3. The Balaban J connectivity index is 2.18. The maximum atomic E-state index is 11.6. The van der Waals surface area contributed by atoms with Crippen LogP contribution in [0.5, 0.6) is 0 Å². The average molecular weight is 321 g/mol. The molecule has 0 fully saturated rings. The number of hydrogen-bond acceptors (Lipinski definition) is 5. The maximum Gasteiger partial charge on any atom is 0.407 e. The van der Waals surface area contributed by atoms with Crippen molar-refractivity contribution < 1.29 is 23.9 Å². The molecule has 6 heteroatoms. The Morgan fingerprint density at radius 1 is 1.09 bits per heavy atom.